The number of halogens is 1. The summed E-state index contributed by atoms with van der Waals surface area (Å²) in [5.41, 5.74) is 1.90. The van der Waals surface area contributed by atoms with Gasteiger partial charge in [-0.15, -0.1) is 0 Å². The van der Waals surface area contributed by atoms with E-state index < -0.39 is 0 Å². The van der Waals surface area contributed by atoms with Crippen molar-refractivity contribution in [2.24, 2.45) is 0 Å². The van der Waals surface area contributed by atoms with Gasteiger partial charge in [-0.2, -0.15) is 0 Å². The molecule has 2 amide bonds. The van der Waals surface area contributed by atoms with Gasteiger partial charge in [-0.3, -0.25) is 14.4 Å². The third-order valence-corrected chi connectivity index (χ3v) is 5.16. The smallest absolute Gasteiger partial charge is 0.251 e. The second kappa shape index (κ2) is 9.58. The average molecular weight is 463 g/mol. The molecule has 0 fully saturated rings. The van der Waals surface area contributed by atoms with E-state index in [2.05, 4.69) is 10.6 Å². The van der Waals surface area contributed by atoms with E-state index in [1.165, 1.54) is 13.2 Å². The summed E-state index contributed by atoms with van der Waals surface area (Å²) in [6, 6.07) is 19.7. The zero-order valence-corrected chi connectivity index (χ0v) is 18.3. The van der Waals surface area contributed by atoms with Crippen LogP contribution in [0.1, 0.15) is 10.4 Å². The summed E-state index contributed by atoms with van der Waals surface area (Å²) < 4.78 is 11.0. The van der Waals surface area contributed by atoms with Crippen molar-refractivity contribution < 1.29 is 18.7 Å². The molecule has 4 aromatic rings. The van der Waals surface area contributed by atoms with Crippen LogP contribution in [0.4, 0.5) is 5.69 Å². The highest BCUT2D eigenvalue weighted by Gasteiger charge is 2.10. The van der Waals surface area contributed by atoms with Crippen molar-refractivity contribution in [3.8, 4) is 17.1 Å². The maximum absolute atomic E-state index is 12.5. The summed E-state index contributed by atoms with van der Waals surface area (Å²) in [7, 11) is 1.53. The minimum atomic E-state index is -0.378. The van der Waals surface area contributed by atoms with Crippen LogP contribution >= 0.6 is 11.6 Å². The first kappa shape index (κ1) is 22.1. The molecule has 0 spiro atoms. The summed E-state index contributed by atoms with van der Waals surface area (Å²) in [4.78, 5) is 36.8. The Morgan fingerprint density at radius 1 is 0.970 bits per heavy atom. The third-order valence-electron chi connectivity index (χ3n) is 4.90. The van der Waals surface area contributed by atoms with Crippen molar-refractivity contribution in [2.45, 2.75) is 0 Å². The Bertz CT molecular complexity index is 1380. The van der Waals surface area contributed by atoms with E-state index >= 15 is 0 Å². The lowest BCUT2D eigenvalue weighted by molar-refractivity contribution is -0.115. The summed E-state index contributed by atoms with van der Waals surface area (Å²) in [6.07, 6.45) is 0. The predicted octanol–water partition coefficient (Wildman–Crippen LogP) is 4.49. The number of nitrogens with one attached hydrogen (secondary N) is 2. The van der Waals surface area contributed by atoms with Crippen molar-refractivity contribution in [1.29, 1.82) is 0 Å². The number of anilines is 1. The Morgan fingerprint density at radius 2 is 1.70 bits per heavy atom. The van der Waals surface area contributed by atoms with Crippen molar-refractivity contribution in [1.82, 2.24) is 5.32 Å². The number of fused-ring (bicyclic) bond motifs is 1. The molecule has 0 saturated carbocycles. The lowest BCUT2D eigenvalue weighted by Gasteiger charge is -2.08. The topological polar surface area (TPSA) is 97.6 Å². The fourth-order valence-electron chi connectivity index (χ4n) is 3.19. The first-order valence-electron chi connectivity index (χ1n) is 9.99. The largest absolute Gasteiger partial charge is 0.497 e. The van der Waals surface area contributed by atoms with E-state index in [4.69, 9.17) is 20.8 Å². The van der Waals surface area contributed by atoms with Gasteiger partial charge in [-0.25, -0.2) is 0 Å². The van der Waals surface area contributed by atoms with E-state index in [1.54, 1.807) is 66.7 Å². The highest BCUT2D eigenvalue weighted by atomic mass is 35.5. The fourth-order valence-corrected chi connectivity index (χ4v) is 3.32. The van der Waals surface area contributed by atoms with Gasteiger partial charge in [0.05, 0.1) is 19.0 Å². The number of benzene rings is 3. The molecule has 4 rings (SSSR count). The Hall–Kier alpha value is -4.10. The summed E-state index contributed by atoms with van der Waals surface area (Å²) in [5, 5.41) is 6.22. The molecule has 0 aliphatic carbocycles. The van der Waals surface area contributed by atoms with Crippen molar-refractivity contribution in [3.63, 3.8) is 0 Å². The van der Waals surface area contributed by atoms with Gasteiger partial charge in [-0.05, 0) is 66.7 Å². The Morgan fingerprint density at radius 3 is 2.39 bits per heavy atom. The number of carbonyl (C=O) groups excluding carboxylic acids is 2. The standard InChI is InChI=1S/C25H19ClN2O5/c1-32-19-10-11-22-20(12-19)21(29)13-23(33-22)15-4-8-18(9-5-15)28-24(30)14-27-25(31)16-2-6-17(26)7-3-16/h2-13H,14H2,1H3,(H,27,31)(H,28,30). The minimum absolute atomic E-state index is 0.182. The van der Waals surface area contributed by atoms with Gasteiger partial charge in [0.25, 0.3) is 5.91 Å². The van der Waals surface area contributed by atoms with Gasteiger partial charge < -0.3 is 19.8 Å². The highest BCUT2D eigenvalue weighted by molar-refractivity contribution is 6.30. The molecule has 3 aromatic carbocycles. The molecule has 0 radical (unpaired) electrons. The van der Waals surface area contributed by atoms with E-state index in [1.807, 2.05) is 0 Å². The van der Waals surface area contributed by atoms with Crippen LogP contribution in [0.25, 0.3) is 22.3 Å². The Balaban J connectivity index is 1.41. The molecule has 7 nitrogen and oxygen atoms in total. The molecular weight excluding hydrogens is 444 g/mol. The van der Waals surface area contributed by atoms with Crippen molar-refractivity contribution >= 4 is 40.1 Å². The van der Waals surface area contributed by atoms with E-state index in [0.717, 1.165) is 0 Å². The van der Waals surface area contributed by atoms with Crippen LogP contribution in [0.15, 0.2) is 82.0 Å². The van der Waals surface area contributed by atoms with Crippen LogP contribution in [-0.2, 0) is 4.79 Å². The molecule has 8 heteroatoms. The van der Waals surface area contributed by atoms with Gasteiger partial charge in [-0.1, -0.05) is 11.6 Å². The molecule has 0 unspecified atom stereocenters. The SMILES string of the molecule is COc1ccc2oc(-c3ccc(NC(=O)CNC(=O)c4ccc(Cl)cc4)cc3)cc(=O)c2c1. The first-order chi connectivity index (χ1) is 15.9. The van der Waals surface area contributed by atoms with E-state index in [-0.39, 0.29) is 23.8 Å². The molecule has 0 saturated heterocycles. The van der Waals surface area contributed by atoms with Gasteiger partial charge in [0.2, 0.25) is 5.91 Å². The number of rotatable bonds is 6. The van der Waals surface area contributed by atoms with Crippen LogP contribution < -0.4 is 20.8 Å². The van der Waals surface area contributed by atoms with Gasteiger partial charge >= 0.3 is 0 Å². The molecule has 33 heavy (non-hydrogen) atoms. The van der Waals surface area contributed by atoms with Crippen molar-refractivity contribution in [3.05, 3.63) is 93.6 Å². The van der Waals surface area contributed by atoms with Gasteiger partial charge in [0.1, 0.15) is 17.1 Å². The number of amides is 2. The zero-order chi connectivity index (χ0) is 23.4. The molecule has 0 aliphatic heterocycles. The van der Waals surface area contributed by atoms with E-state index in [0.29, 0.717) is 44.3 Å². The number of ether oxygens (including phenoxy) is 1. The van der Waals surface area contributed by atoms with Crippen molar-refractivity contribution in [2.75, 3.05) is 19.0 Å². The van der Waals surface area contributed by atoms with Crippen LogP contribution in [0.3, 0.4) is 0 Å². The maximum Gasteiger partial charge on any atom is 0.251 e. The molecule has 2 N–H and O–H groups in total. The van der Waals surface area contributed by atoms with Crippen LogP contribution in [0.2, 0.25) is 5.02 Å². The molecule has 0 bridgehead atoms. The monoisotopic (exact) mass is 462 g/mol. The molecule has 0 atom stereocenters. The van der Waals surface area contributed by atoms with Crippen LogP contribution in [0.5, 0.6) is 5.75 Å². The van der Waals surface area contributed by atoms with Gasteiger partial charge in [0.15, 0.2) is 5.43 Å². The summed E-state index contributed by atoms with van der Waals surface area (Å²) >= 11 is 5.81. The normalized spacial score (nSPS) is 10.6. The highest BCUT2D eigenvalue weighted by Crippen LogP contribution is 2.25. The number of methoxy groups -OCH3 is 1. The predicted molar refractivity (Wildman–Crippen MR) is 127 cm³/mol. The molecule has 1 heterocycles. The maximum atomic E-state index is 12.5. The second-order valence-corrected chi connectivity index (χ2v) is 7.59. The third kappa shape index (κ3) is 5.22. The van der Waals surface area contributed by atoms with Gasteiger partial charge in [0, 0.05) is 27.9 Å². The van der Waals surface area contributed by atoms with Crippen LogP contribution in [0, 0.1) is 0 Å². The number of hydrogen-bond donors (Lipinski definition) is 2. The lowest BCUT2D eigenvalue weighted by atomic mass is 10.1. The summed E-state index contributed by atoms with van der Waals surface area (Å²) in [6.45, 7) is -0.188. The first-order valence-corrected chi connectivity index (χ1v) is 10.4. The minimum Gasteiger partial charge on any atom is -0.497 e. The van der Waals surface area contributed by atoms with Crippen LogP contribution in [-0.4, -0.2) is 25.5 Å². The van der Waals surface area contributed by atoms with E-state index in [9.17, 15) is 14.4 Å². The average Bonchev–Trinajstić information content (AvgIpc) is 2.83. The quantitative estimate of drug-likeness (QED) is 0.440. The molecule has 0 aliphatic rings. The second-order valence-electron chi connectivity index (χ2n) is 7.15. The Labute approximate surface area is 193 Å². The molecule has 166 valence electrons. The lowest BCUT2D eigenvalue weighted by Crippen LogP contribution is -2.32. The molecular formula is C25H19ClN2O5. The fraction of sp³-hybridized carbons (Fsp3) is 0.0800. The zero-order valence-electron chi connectivity index (χ0n) is 17.6. The summed E-state index contributed by atoms with van der Waals surface area (Å²) in [5.74, 6) is 0.232. The molecule has 1 aromatic heterocycles. The Kier molecular flexibility index (Phi) is 6.42. The number of carbonyl (C=O) groups is 2. The number of hydrogen-bond acceptors (Lipinski definition) is 5.